The van der Waals surface area contributed by atoms with Crippen molar-refractivity contribution in [3.8, 4) is 5.69 Å². The molecule has 6 nitrogen and oxygen atoms in total. The topological polar surface area (TPSA) is 75.4 Å². The molecular formula is C19H21N3O3. The lowest BCUT2D eigenvalue weighted by molar-refractivity contribution is -0.142. The van der Waals surface area contributed by atoms with E-state index >= 15 is 0 Å². The Balaban J connectivity index is 1.54. The number of para-hydroxylation sites is 1. The van der Waals surface area contributed by atoms with Gasteiger partial charge in [0.05, 0.1) is 23.4 Å². The SMILES string of the molecule is Cc1ccccc1-n1cc(C(=O)N2C[C@H](C(=O)O)[C@@H](C3CC3)C2)cn1. The Hall–Kier alpha value is -2.63. The summed E-state index contributed by atoms with van der Waals surface area (Å²) in [5, 5.41) is 13.8. The molecule has 2 heterocycles. The van der Waals surface area contributed by atoms with Gasteiger partial charge in [0.1, 0.15) is 0 Å². The van der Waals surface area contributed by atoms with E-state index in [2.05, 4.69) is 5.10 Å². The largest absolute Gasteiger partial charge is 0.481 e. The van der Waals surface area contributed by atoms with Crippen LogP contribution < -0.4 is 0 Å². The van der Waals surface area contributed by atoms with Gasteiger partial charge in [-0.25, -0.2) is 4.68 Å². The first kappa shape index (κ1) is 15.9. The quantitative estimate of drug-likeness (QED) is 0.928. The van der Waals surface area contributed by atoms with Crippen LogP contribution in [0.25, 0.3) is 5.69 Å². The molecule has 1 N–H and O–H groups in total. The second-order valence-electron chi connectivity index (χ2n) is 7.12. The normalized spacial score (nSPS) is 23.0. The lowest BCUT2D eigenvalue weighted by atomic mass is 9.92. The fourth-order valence-electron chi connectivity index (χ4n) is 3.83. The number of hydrogen-bond donors (Lipinski definition) is 1. The highest BCUT2D eigenvalue weighted by Crippen LogP contribution is 2.44. The van der Waals surface area contributed by atoms with Gasteiger partial charge in [-0.15, -0.1) is 0 Å². The average Bonchev–Trinajstić information content (AvgIpc) is 3.16. The maximum atomic E-state index is 12.8. The van der Waals surface area contributed by atoms with Gasteiger partial charge in [-0.1, -0.05) is 18.2 Å². The molecular weight excluding hydrogens is 318 g/mol. The second kappa shape index (κ2) is 6.02. The number of aliphatic carboxylic acids is 1. The zero-order valence-corrected chi connectivity index (χ0v) is 14.1. The number of carboxylic acid groups (broad SMARTS) is 1. The lowest BCUT2D eigenvalue weighted by Gasteiger charge is -2.15. The van der Waals surface area contributed by atoms with E-state index in [9.17, 15) is 14.7 Å². The van der Waals surface area contributed by atoms with Crippen molar-refractivity contribution in [3.63, 3.8) is 0 Å². The summed E-state index contributed by atoms with van der Waals surface area (Å²) in [6.07, 6.45) is 5.46. The number of nitrogens with zero attached hydrogens (tertiary/aromatic N) is 3. The van der Waals surface area contributed by atoms with E-state index in [1.807, 2.05) is 31.2 Å². The third kappa shape index (κ3) is 2.92. The number of aryl methyl sites for hydroxylation is 1. The van der Waals surface area contributed by atoms with Crippen LogP contribution in [-0.4, -0.2) is 44.8 Å². The molecule has 1 aromatic heterocycles. The summed E-state index contributed by atoms with van der Waals surface area (Å²) in [4.78, 5) is 26.0. The molecule has 0 unspecified atom stereocenters. The highest BCUT2D eigenvalue weighted by atomic mass is 16.4. The van der Waals surface area contributed by atoms with Crippen LogP contribution in [0.2, 0.25) is 0 Å². The number of amides is 1. The van der Waals surface area contributed by atoms with Crippen LogP contribution in [0.4, 0.5) is 0 Å². The van der Waals surface area contributed by atoms with E-state index in [1.165, 1.54) is 0 Å². The van der Waals surface area contributed by atoms with Gasteiger partial charge in [0, 0.05) is 19.3 Å². The molecule has 2 fully saturated rings. The molecule has 1 saturated carbocycles. The van der Waals surface area contributed by atoms with Crippen LogP contribution >= 0.6 is 0 Å². The van der Waals surface area contributed by atoms with Crippen molar-refractivity contribution < 1.29 is 14.7 Å². The van der Waals surface area contributed by atoms with E-state index < -0.39 is 11.9 Å². The Kier molecular flexibility index (Phi) is 3.82. The molecule has 130 valence electrons. The molecule has 25 heavy (non-hydrogen) atoms. The maximum Gasteiger partial charge on any atom is 0.308 e. The van der Waals surface area contributed by atoms with Gasteiger partial charge >= 0.3 is 5.97 Å². The van der Waals surface area contributed by atoms with Crippen LogP contribution in [-0.2, 0) is 4.79 Å². The van der Waals surface area contributed by atoms with Crippen LogP contribution in [0.3, 0.4) is 0 Å². The van der Waals surface area contributed by atoms with E-state index in [-0.39, 0.29) is 11.8 Å². The highest BCUT2D eigenvalue weighted by Gasteiger charge is 2.47. The number of hydrogen-bond acceptors (Lipinski definition) is 3. The summed E-state index contributed by atoms with van der Waals surface area (Å²) in [5.74, 6) is -0.804. The Bertz CT molecular complexity index is 825. The number of carboxylic acids is 1. The molecule has 2 atom stereocenters. The summed E-state index contributed by atoms with van der Waals surface area (Å²) in [6.45, 7) is 2.83. The third-order valence-electron chi connectivity index (χ3n) is 5.39. The first-order valence-corrected chi connectivity index (χ1v) is 8.67. The smallest absolute Gasteiger partial charge is 0.308 e. The van der Waals surface area contributed by atoms with Gasteiger partial charge in [-0.3, -0.25) is 9.59 Å². The standard InChI is InChI=1S/C19H21N3O3/c1-12-4-2-3-5-17(12)22-9-14(8-20-22)18(23)21-10-15(13-6-7-13)16(11-21)19(24)25/h2-5,8-9,13,15-16H,6-7,10-11H2,1H3,(H,24,25)/t15-,16+/m1/s1. The summed E-state index contributed by atoms with van der Waals surface area (Å²) < 4.78 is 1.70. The predicted octanol–water partition coefficient (Wildman–Crippen LogP) is 2.36. The number of benzene rings is 1. The van der Waals surface area contributed by atoms with E-state index in [1.54, 1.807) is 22.0 Å². The molecule has 0 radical (unpaired) electrons. The maximum absolute atomic E-state index is 12.8. The van der Waals surface area contributed by atoms with Crippen LogP contribution in [0, 0.1) is 24.7 Å². The number of likely N-dealkylation sites (tertiary alicyclic amines) is 1. The van der Waals surface area contributed by atoms with Gasteiger partial charge in [0.2, 0.25) is 0 Å². The number of aromatic nitrogens is 2. The van der Waals surface area contributed by atoms with Crippen LogP contribution in [0.5, 0.6) is 0 Å². The van der Waals surface area contributed by atoms with Crippen molar-refractivity contribution in [1.29, 1.82) is 0 Å². The number of rotatable bonds is 4. The first-order chi connectivity index (χ1) is 12.0. The summed E-state index contributed by atoms with van der Waals surface area (Å²) in [5.41, 5.74) is 2.51. The first-order valence-electron chi connectivity index (χ1n) is 8.67. The molecule has 2 aromatic rings. The summed E-state index contributed by atoms with van der Waals surface area (Å²) >= 11 is 0. The summed E-state index contributed by atoms with van der Waals surface area (Å²) in [6, 6.07) is 7.85. The Morgan fingerprint density at radius 3 is 2.64 bits per heavy atom. The van der Waals surface area contributed by atoms with Crippen molar-refractivity contribution in [2.75, 3.05) is 13.1 Å². The average molecular weight is 339 g/mol. The molecule has 2 aliphatic rings. The minimum absolute atomic E-state index is 0.0906. The highest BCUT2D eigenvalue weighted by molar-refractivity contribution is 5.94. The van der Waals surface area contributed by atoms with Crippen LogP contribution in [0.1, 0.15) is 28.8 Å². The molecule has 1 aromatic carbocycles. The van der Waals surface area contributed by atoms with Gasteiger partial charge < -0.3 is 10.0 Å². The van der Waals surface area contributed by atoms with Crippen molar-refractivity contribution >= 4 is 11.9 Å². The molecule has 1 aliphatic carbocycles. The predicted molar refractivity (Wildman–Crippen MR) is 91.5 cm³/mol. The van der Waals surface area contributed by atoms with Crippen LogP contribution in [0.15, 0.2) is 36.7 Å². The fraction of sp³-hybridized carbons (Fsp3) is 0.421. The van der Waals surface area contributed by atoms with E-state index in [0.29, 0.717) is 24.6 Å². The van der Waals surface area contributed by atoms with Crippen molar-refractivity contribution in [1.82, 2.24) is 14.7 Å². The second-order valence-corrected chi connectivity index (χ2v) is 7.12. The lowest BCUT2D eigenvalue weighted by Crippen LogP contribution is -2.29. The Labute approximate surface area is 146 Å². The third-order valence-corrected chi connectivity index (χ3v) is 5.39. The monoisotopic (exact) mass is 339 g/mol. The van der Waals surface area contributed by atoms with Gasteiger partial charge in [-0.2, -0.15) is 5.10 Å². The zero-order valence-electron chi connectivity index (χ0n) is 14.1. The van der Waals surface area contributed by atoms with Gasteiger partial charge in [0.25, 0.3) is 5.91 Å². The van der Waals surface area contributed by atoms with Crippen molar-refractivity contribution in [3.05, 3.63) is 47.8 Å². The minimum atomic E-state index is -0.789. The zero-order chi connectivity index (χ0) is 17.6. The van der Waals surface area contributed by atoms with Gasteiger partial charge in [-0.05, 0) is 43.2 Å². The molecule has 1 saturated heterocycles. The molecule has 0 bridgehead atoms. The van der Waals surface area contributed by atoms with Crippen molar-refractivity contribution in [2.45, 2.75) is 19.8 Å². The minimum Gasteiger partial charge on any atom is -0.481 e. The Morgan fingerprint density at radius 1 is 1.20 bits per heavy atom. The number of carbonyl (C=O) groups excluding carboxylic acids is 1. The molecule has 4 rings (SSSR count). The Morgan fingerprint density at radius 2 is 1.96 bits per heavy atom. The van der Waals surface area contributed by atoms with E-state index in [4.69, 9.17) is 0 Å². The molecule has 0 spiro atoms. The fourth-order valence-corrected chi connectivity index (χ4v) is 3.83. The summed E-state index contributed by atoms with van der Waals surface area (Å²) in [7, 11) is 0. The molecule has 1 amide bonds. The number of carbonyl (C=O) groups is 2. The molecule has 6 heteroatoms. The van der Waals surface area contributed by atoms with E-state index in [0.717, 1.165) is 24.1 Å². The van der Waals surface area contributed by atoms with Crippen molar-refractivity contribution in [2.24, 2.45) is 17.8 Å². The van der Waals surface area contributed by atoms with Gasteiger partial charge in [0.15, 0.2) is 0 Å². The molecule has 1 aliphatic heterocycles.